The molecule has 0 aromatic rings. The third-order valence-corrected chi connectivity index (χ3v) is 4.32. The molecule has 0 rings (SSSR count). The van der Waals surface area contributed by atoms with Gasteiger partial charge in [-0.1, -0.05) is 0 Å². The minimum Gasteiger partial charge on any atom is -0.481 e. The molecule has 0 radical (unpaired) electrons. The third-order valence-electron chi connectivity index (χ3n) is 4.32. The van der Waals surface area contributed by atoms with E-state index in [0.717, 1.165) is 0 Å². The second-order valence-electron chi connectivity index (χ2n) is 7.26. The summed E-state index contributed by atoms with van der Waals surface area (Å²) in [5, 5.41) is 41.4. The maximum atomic E-state index is 12.7. The number of primary amides is 1. The molecule has 0 heterocycles. The Bertz CT molecular complexity index is 861. The Morgan fingerprint density at radius 1 is 0.600 bits per heavy atom. The molecule has 0 aliphatic carbocycles. The summed E-state index contributed by atoms with van der Waals surface area (Å²) < 4.78 is 0. The maximum absolute atomic E-state index is 12.7. The molecule has 0 saturated heterocycles. The molecule has 0 saturated carbocycles. The maximum Gasteiger partial charge on any atom is 0.326 e. The highest BCUT2D eigenvalue weighted by Crippen LogP contribution is 2.04. The highest BCUT2D eigenvalue weighted by atomic mass is 16.4. The monoisotopic (exact) mass is 505 g/mol. The van der Waals surface area contributed by atoms with Crippen molar-refractivity contribution in [3.63, 3.8) is 0 Å². The summed E-state index contributed by atoms with van der Waals surface area (Å²) in [6.45, 7) is 0. The molecule has 0 aromatic carbocycles. The smallest absolute Gasteiger partial charge is 0.326 e. The van der Waals surface area contributed by atoms with Gasteiger partial charge in [-0.25, -0.2) is 4.79 Å². The summed E-state index contributed by atoms with van der Waals surface area (Å²) in [5.41, 5.74) is 10.6. The van der Waals surface area contributed by atoms with Crippen LogP contribution in [0.4, 0.5) is 0 Å². The van der Waals surface area contributed by atoms with Crippen molar-refractivity contribution in [3.05, 3.63) is 0 Å². The molecule has 11 N–H and O–H groups in total. The highest BCUT2D eigenvalue weighted by molar-refractivity contribution is 5.96. The van der Waals surface area contributed by atoms with Crippen LogP contribution in [0.3, 0.4) is 0 Å². The van der Waals surface area contributed by atoms with Gasteiger partial charge in [0.25, 0.3) is 0 Å². The van der Waals surface area contributed by atoms with Gasteiger partial charge in [0, 0.05) is 12.8 Å². The first kappa shape index (κ1) is 30.7. The minimum absolute atomic E-state index is 0.296. The molecule has 4 amide bonds. The zero-order valence-electron chi connectivity index (χ0n) is 18.3. The largest absolute Gasteiger partial charge is 0.481 e. The molecule has 17 heteroatoms. The quantitative estimate of drug-likeness (QED) is 0.0909. The molecule has 4 atom stereocenters. The first-order chi connectivity index (χ1) is 16.1. The van der Waals surface area contributed by atoms with Gasteiger partial charge in [0.05, 0.1) is 18.9 Å². The molecule has 196 valence electrons. The van der Waals surface area contributed by atoms with Crippen LogP contribution in [-0.4, -0.2) is 92.1 Å². The van der Waals surface area contributed by atoms with Crippen LogP contribution in [0.25, 0.3) is 0 Å². The van der Waals surface area contributed by atoms with Gasteiger partial charge in [-0.05, 0) is 12.8 Å². The van der Waals surface area contributed by atoms with Gasteiger partial charge in [0.2, 0.25) is 23.6 Å². The van der Waals surface area contributed by atoms with Crippen LogP contribution < -0.4 is 27.4 Å². The van der Waals surface area contributed by atoms with Crippen LogP contribution >= 0.6 is 0 Å². The van der Waals surface area contributed by atoms with Crippen LogP contribution in [0.1, 0.15) is 38.5 Å². The van der Waals surface area contributed by atoms with Gasteiger partial charge in [0.1, 0.15) is 18.1 Å². The lowest BCUT2D eigenvalue weighted by Gasteiger charge is -2.24. The van der Waals surface area contributed by atoms with E-state index >= 15 is 0 Å². The van der Waals surface area contributed by atoms with E-state index in [9.17, 15) is 38.4 Å². The minimum atomic E-state index is -1.94. The number of hydrogen-bond donors (Lipinski definition) is 9. The van der Waals surface area contributed by atoms with Crippen molar-refractivity contribution in [1.29, 1.82) is 0 Å². The van der Waals surface area contributed by atoms with Gasteiger partial charge in [-0.2, -0.15) is 0 Å². The predicted octanol–water partition coefficient (Wildman–Crippen LogP) is -4.07. The molecule has 0 fully saturated rings. The molecule has 0 bridgehead atoms. The average molecular weight is 505 g/mol. The Morgan fingerprint density at radius 2 is 1.06 bits per heavy atom. The van der Waals surface area contributed by atoms with E-state index in [2.05, 4.69) is 5.32 Å². The SMILES string of the molecule is NC(=O)CCC(NC(=O)C(N)CCC(=O)O)C(=O)NC(CC(=O)O)C(=O)NC(CC(=O)O)C(=O)O. The Balaban J connectivity index is 5.59. The summed E-state index contributed by atoms with van der Waals surface area (Å²) >= 11 is 0. The normalized spacial score (nSPS) is 13.9. The third kappa shape index (κ3) is 13.1. The van der Waals surface area contributed by atoms with Crippen molar-refractivity contribution < 1.29 is 58.8 Å². The number of aliphatic carboxylic acids is 4. The molecule has 35 heavy (non-hydrogen) atoms. The van der Waals surface area contributed by atoms with Gasteiger partial charge < -0.3 is 47.8 Å². The number of carbonyl (C=O) groups excluding carboxylic acids is 4. The van der Waals surface area contributed by atoms with Crippen molar-refractivity contribution >= 4 is 47.5 Å². The fourth-order valence-corrected chi connectivity index (χ4v) is 2.55. The molecule has 0 aliphatic heterocycles. The van der Waals surface area contributed by atoms with E-state index < -0.39 is 104 Å². The second-order valence-corrected chi connectivity index (χ2v) is 7.26. The van der Waals surface area contributed by atoms with E-state index in [-0.39, 0.29) is 6.42 Å². The number of carbonyl (C=O) groups is 8. The van der Waals surface area contributed by atoms with Gasteiger partial charge in [-0.3, -0.25) is 33.6 Å². The van der Waals surface area contributed by atoms with Gasteiger partial charge in [-0.15, -0.1) is 0 Å². The molecule has 0 aliphatic rings. The zero-order chi connectivity index (χ0) is 27.3. The molecule has 17 nitrogen and oxygen atoms in total. The average Bonchev–Trinajstić information content (AvgIpc) is 2.72. The highest BCUT2D eigenvalue weighted by Gasteiger charge is 2.32. The predicted molar refractivity (Wildman–Crippen MR) is 111 cm³/mol. The number of carboxylic acid groups (broad SMARTS) is 4. The standard InChI is InChI=1S/C18H27N5O12/c19-7(1-4-12(25)26)15(31)21-8(2-3-11(20)24)16(32)22-9(5-13(27)28)17(33)23-10(18(34)35)6-14(29)30/h7-10H,1-6,19H2,(H2,20,24)(H,21,31)(H,22,32)(H,23,33)(H,25,26)(H,27,28)(H,29,30)(H,34,35). The summed E-state index contributed by atoms with van der Waals surface area (Å²) in [6.07, 6.45) is -3.69. The number of rotatable bonds is 17. The fraction of sp³-hybridized carbons (Fsp3) is 0.556. The first-order valence-electron chi connectivity index (χ1n) is 9.97. The molecule has 0 spiro atoms. The Morgan fingerprint density at radius 3 is 1.51 bits per heavy atom. The number of nitrogens with one attached hydrogen (secondary N) is 3. The van der Waals surface area contributed by atoms with Crippen LogP contribution in [0.15, 0.2) is 0 Å². The van der Waals surface area contributed by atoms with E-state index in [0.29, 0.717) is 0 Å². The molecule has 0 aromatic heterocycles. The lowest BCUT2D eigenvalue weighted by molar-refractivity contribution is -0.148. The molecule has 4 unspecified atom stereocenters. The lowest BCUT2D eigenvalue weighted by atomic mass is 10.1. The molecular weight excluding hydrogens is 478 g/mol. The number of carboxylic acids is 4. The van der Waals surface area contributed by atoms with E-state index in [4.69, 9.17) is 31.9 Å². The first-order valence-corrected chi connectivity index (χ1v) is 9.97. The fourth-order valence-electron chi connectivity index (χ4n) is 2.55. The number of amides is 4. The number of hydrogen-bond acceptors (Lipinski definition) is 9. The Kier molecular flexibility index (Phi) is 13.0. The van der Waals surface area contributed by atoms with E-state index in [1.165, 1.54) is 0 Å². The van der Waals surface area contributed by atoms with E-state index in [1.807, 2.05) is 5.32 Å². The van der Waals surface area contributed by atoms with Crippen molar-refractivity contribution in [2.75, 3.05) is 0 Å². The number of nitrogens with two attached hydrogens (primary N) is 2. The topological polar surface area (TPSA) is 306 Å². The second kappa shape index (κ2) is 14.8. The van der Waals surface area contributed by atoms with Crippen LogP contribution in [0.2, 0.25) is 0 Å². The van der Waals surface area contributed by atoms with Crippen LogP contribution in [0, 0.1) is 0 Å². The lowest BCUT2D eigenvalue weighted by Crippen LogP contribution is -2.57. The Hall–Kier alpha value is -4.28. The summed E-state index contributed by atoms with van der Waals surface area (Å²) in [5.74, 6) is -10.5. The van der Waals surface area contributed by atoms with Gasteiger partial charge >= 0.3 is 23.9 Å². The van der Waals surface area contributed by atoms with Crippen molar-refractivity contribution in [2.45, 2.75) is 62.7 Å². The summed E-state index contributed by atoms with van der Waals surface area (Å²) in [7, 11) is 0. The molecular formula is C18H27N5O12. The summed E-state index contributed by atoms with van der Waals surface area (Å²) in [6, 6.07) is -6.76. The van der Waals surface area contributed by atoms with Gasteiger partial charge in [0.15, 0.2) is 0 Å². The van der Waals surface area contributed by atoms with Crippen LogP contribution in [-0.2, 0) is 38.4 Å². The Labute approximate surface area is 197 Å². The van der Waals surface area contributed by atoms with Crippen molar-refractivity contribution in [3.8, 4) is 0 Å². The van der Waals surface area contributed by atoms with Crippen molar-refractivity contribution in [1.82, 2.24) is 16.0 Å². The van der Waals surface area contributed by atoms with E-state index in [1.54, 1.807) is 5.32 Å². The summed E-state index contributed by atoms with van der Waals surface area (Å²) in [4.78, 5) is 92.1. The van der Waals surface area contributed by atoms with Crippen LogP contribution in [0.5, 0.6) is 0 Å². The van der Waals surface area contributed by atoms with Crippen molar-refractivity contribution in [2.24, 2.45) is 11.5 Å². The zero-order valence-corrected chi connectivity index (χ0v) is 18.3.